The molecule has 22 heavy (non-hydrogen) atoms. The number of phenolic OH excluding ortho intramolecular Hbond substituents is 1. The molecule has 110 valence electrons. The lowest BCUT2D eigenvalue weighted by Gasteiger charge is -2.03. The average molecular weight is 423 g/mol. The van der Waals surface area contributed by atoms with Gasteiger partial charge in [0.15, 0.2) is 5.70 Å². The van der Waals surface area contributed by atoms with Gasteiger partial charge in [-0.15, -0.1) is 0 Å². The number of ether oxygens (including phenoxy) is 1. The zero-order valence-corrected chi connectivity index (χ0v) is 14.3. The molecule has 0 saturated heterocycles. The van der Waals surface area contributed by atoms with Crippen LogP contribution in [-0.4, -0.2) is 17.0 Å². The van der Waals surface area contributed by atoms with Gasteiger partial charge in [-0.1, -0.05) is 34.1 Å². The smallest absolute Gasteiger partial charge is 0.363 e. The fourth-order valence-corrected chi connectivity index (χ4v) is 3.21. The van der Waals surface area contributed by atoms with Crippen LogP contribution in [0.1, 0.15) is 11.1 Å². The summed E-state index contributed by atoms with van der Waals surface area (Å²) in [5.74, 6) is -0.258. The highest BCUT2D eigenvalue weighted by atomic mass is 79.9. The number of esters is 1. The Morgan fingerprint density at radius 2 is 1.86 bits per heavy atom. The van der Waals surface area contributed by atoms with Crippen LogP contribution in [0.4, 0.5) is 0 Å². The van der Waals surface area contributed by atoms with Crippen molar-refractivity contribution in [1.29, 1.82) is 0 Å². The second-order valence-corrected chi connectivity index (χ2v) is 6.30. The molecule has 1 aliphatic heterocycles. The van der Waals surface area contributed by atoms with E-state index in [1.165, 1.54) is 6.08 Å². The van der Waals surface area contributed by atoms with Crippen molar-refractivity contribution in [3.8, 4) is 5.75 Å². The van der Waals surface area contributed by atoms with Crippen molar-refractivity contribution in [3.63, 3.8) is 0 Å². The number of carbonyl (C=O) groups is 1. The molecule has 4 nitrogen and oxygen atoms in total. The van der Waals surface area contributed by atoms with Gasteiger partial charge in [0, 0.05) is 15.6 Å². The van der Waals surface area contributed by atoms with E-state index in [-0.39, 0.29) is 17.3 Å². The summed E-state index contributed by atoms with van der Waals surface area (Å²) in [7, 11) is 0. The molecule has 0 radical (unpaired) electrons. The molecule has 1 N–H and O–H groups in total. The third kappa shape index (κ3) is 2.98. The first-order valence-electron chi connectivity index (χ1n) is 6.30. The van der Waals surface area contributed by atoms with Crippen LogP contribution in [-0.2, 0) is 9.53 Å². The van der Waals surface area contributed by atoms with Crippen molar-refractivity contribution in [2.45, 2.75) is 0 Å². The lowest BCUT2D eigenvalue weighted by molar-refractivity contribution is -0.129. The monoisotopic (exact) mass is 421 g/mol. The number of carbonyl (C=O) groups excluding carboxylic acids is 1. The quantitative estimate of drug-likeness (QED) is 0.581. The lowest BCUT2D eigenvalue weighted by atomic mass is 10.1. The van der Waals surface area contributed by atoms with E-state index >= 15 is 0 Å². The third-order valence-electron chi connectivity index (χ3n) is 2.99. The highest BCUT2D eigenvalue weighted by Crippen LogP contribution is 2.33. The molecule has 0 fully saturated rings. The van der Waals surface area contributed by atoms with Gasteiger partial charge in [0.05, 0.1) is 4.47 Å². The van der Waals surface area contributed by atoms with Crippen LogP contribution in [0, 0.1) is 0 Å². The van der Waals surface area contributed by atoms with E-state index in [9.17, 15) is 9.90 Å². The Kier molecular flexibility index (Phi) is 4.13. The summed E-state index contributed by atoms with van der Waals surface area (Å²) in [4.78, 5) is 16.1. The summed E-state index contributed by atoms with van der Waals surface area (Å²) in [5.41, 5.74) is 1.32. The van der Waals surface area contributed by atoms with E-state index in [4.69, 9.17) is 4.74 Å². The number of rotatable bonds is 2. The van der Waals surface area contributed by atoms with Crippen molar-refractivity contribution in [1.82, 2.24) is 0 Å². The first-order valence-corrected chi connectivity index (χ1v) is 7.89. The Bertz CT molecular complexity index is 814. The number of aromatic hydroxyl groups is 1. The fraction of sp³-hybridized carbons (Fsp3) is 0. The molecule has 0 atom stereocenters. The van der Waals surface area contributed by atoms with Gasteiger partial charge in [0.1, 0.15) is 5.75 Å². The molecule has 1 heterocycles. The van der Waals surface area contributed by atoms with Gasteiger partial charge in [-0.3, -0.25) is 0 Å². The maximum atomic E-state index is 11.9. The standard InChI is InChI=1S/C16H9Br2NO3/c17-11-6-10(14(20)12(18)8-11)7-13-16(21)22-15(19-13)9-4-2-1-3-5-9/h1-8,20H. The molecule has 0 aromatic heterocycles. The van der Waals surface area contributed by atoms with Gasteiger partial charge in [0.25, 0.3) is 0 Å². The Labute approximate surface area is 143 Å². The molecular formula is C16H9Br2NO3. The van der Waals surface area contributed by atoms with E-state index in [2.05, 4.69) is 36.9 Å². The average Bonchev–Trinajstić information content (AvgIpc) is 2.86. The number of hydrogen-bond acceptors (Lipinski definition) is 4. The number of cyclic esters (lactones) is 1. The lowest BCUT2D eigenvalue weighted by Crippen LogP contribution is -2.04. The molecule has 2 aromatic rings. The summed E-state index contributed by atoms with van der Waals surface area (Å²) in [6.45, 7) is 0. The van der Waals surface area contributed by atoms with Crippen molar-refractivity contribution in [2.24, 2.45) is 4.99 Å². The highest BCUT2D eigenvalue weighted by Gasteiger charge is 2.24. The number of phenols is 1. The molecule has 0 amide bonds. The van der Waals surface area contributed by atoms with E-state index < -0.39 is 5.97 Å². The second-order valence-electron chi connectivity index (χ2n) is 4.53. The van der Waals surface area contributed by atoms with Crippen LogP contribution < -0.4 is 0 Å². The maximum absolute atomic E-state index is 11.9. The van der Waals surface area contributed by atoms with E-state index in [0.29, 0.717) is 10.0 Å². The number of hydrogen-bond donors (Lipinski definition) is 1. The largest absolute Gasteiger partial charge is 0.506 e. The number of halogens is 2. The Balaban J connectivity index is 2.02. The second kappa shape index (κ2) is 6.06. The Morgan fingerprint density at radius 3 is 2.59 bits per heavy atom. The predicted octanol–water partition coefficient (Wildman–Crippen LogP) is 4.26. The van der Waals surface area contributed by atoms with Gasteiger partial charge in [-0.2, -0.15) is 0 Å². The van der Waals surface area contributed by atoms with E-state index in [1.807, 2.05) is 30.3 Å². The van der Waals surface area contributed by atoms with E-state index in [1.54, 1.807) is 12.1 Å². The minimum Gasteiger partial charge on any atom is -0.506 e. The summed E-state index contributed by atoms with van der Waals surface area (Å²) < 4.78 is 6.46. The number of benzene rings is 2. The summed E-state index contributed by atoms with van der Waals surface area (Å²) >= 11 is 6.59. The van der Waals surface area contributed by atoms with Gasteiger partial charge >= 0.3 is 5.97 Å². The van der Waals surface area contributed by atoms with Gasteiger partial charge in [0.2, 0.25) is 5.90 Å². The molecule has 6 heteroatoms. The van der Waals surface area contributed by atoms with Crippen molar-refractivity contribution < 1.29 is 14.6 Å². The van der Waals surface area contributed by atoms with Crippen molar-refractivity contribution in [2.75, 3.05) is 0 Å². The first-order chi connectivity index (χ1) is 10.5. The molecule has 0 aliphatic carbocycles. The third-order valence-corrected chi connectivity index (χ3v) is 4.05. The van der Waals surface area contributed by atoms with Crippen LogP contribution in [0.2, 0.25) is 0 Å². The molecule has 0 saturated carbocycles. The van der Waals surface area contributed by atoms with Crippen LogP contribution in [0.5, 0.6) is 5.75 Å². The zero-order chi connectivity index (χ0) is 15.7. The number of aliphatic imine (C=N–C) groups is 1. The van der Waals surface area contributed by atoms with E-state index in [0.717, 1.165) is 10.0 Å². The minimum absolute atomic E-state index is 0.0341. The topological polar surface area (TPSA) is 58.9 Å². The SMILES string of the molecule is O=C1OC(c2ccccc2)=NC1=Cc1cc(Br)cc(Br)c1O. The highest BCUT2D eigenvalue weighted by molar-refractivity contribution is 9.11. The van der Waals surface area contributed by atoms with Crippen LogP contribution in [0.15, 0.2) is 62.1 Å². The molecule has 1 aliphatic rings. The number of nitrogens with zero attached hydrogens (tertiary/aromatic N) is 1. The first kappa shape index (κ1) is 15.0. The molecule has 3 rings (SSSR count). The molecule has 2 aromatic carbocycles. The van der Waals surface area contributed by atoms with Gasteiger partial charge in [-0.25, -0.2) is 9.79 Å². The van der Waals surface area contributed by atoms with Gasteiger partial charge in [-0.05, 0) is 46.3 Å². The summed E-state index contributed by atoms with van der Waals surface area (Å²) in [5, 5.41) is 10.0. The predicted molar refractivity (Wildman–Crippen MR) is 90.6 cm³/mol. The van der Waals surface area contributed by atoms with Gasteiger partial charge < -0.3 is 9.84 Å². The summed E-state index contributed by atoms with van der Waals surface area (Å²) in [6, 6.07) is 12.6. The zero-order valence-electron chi connectivity index (χ0n) is 11.1. The Hall–Kier alpha value is -1.92. The molecule has 0 spiro atoms. The summed E-state index contributed by atoms with van der Waals surface area (Å²) in [6.07, 6.45) is 1.49. The van der Waals surface area contributed by atoms with Crippen LogP contribution in [0.3, 0.4) is 0 Å². The maximum Gasteiger partial charge on any atom is 0.363 e. The van der Waals surface area contributed by atoms with Crippen molar-refractivity contribution in [3.05, 3.63) is 68.2 Å². The fourth-order valence-electron chi connectivity index (χ4n) is 1.96. The van der Waals surface area contributed by atoms with Crippen LogP contribution >= 0.6 is 31.9 Å². The van der Waals surface area contributed by atoms with Crippen molar-refractivity contribution >= 4 is 49.8 Å². The molecule has 0 bridgehead atoms. The normalized spacial score (nSPS) is 15.8. The Morgan fingerprint density at radius 1 is 1.14 bits per heavy atom. The molecule has 0 unspecified atom stereocenters. The minimum atomic E-state index is -0.547. The molecular weight excluding hydrogens is 414 g/mol. The van der Waals surface area contributed by atoms with Crippen LogP contribution in [0.25, 0.3) is 6.08 Å².